The van der Waals surface area contributed by atoms with Crippen LogP contribution in [0.4, 0.5) is 5.82 Å². The Balaban J connectivity index is 1.87. The van der Waals surface area contributed by atoms with Gasteiger partial charge in [-0.15, -0.1) is 0 Å². The summed E-state index contributed by atoms with van der Waals surface area (Å²) >= 11 is 0. The number of fused-ring (bicyclic) bond motifs is 1. The molecule has 1 aliphatic heterocycles. The number of hydrogen-bond donors (Lipinski definition) is 0. The number of carbonyl (C=O) groups excluding carboxylic acids is 1. The van der Waals surface area contributed by atoms with Gasteiger partial charge in [0.1, 0.15) is 5.52 Å². The third-order valence-electron chi connectivity index (χ3n) is 4.19. The Morgan fingerprint density at radius 2 is 1.91 bits per heavy atom. The minimum absolute atomic E-state index is 0.000660. The summed E-state index contributed by atoms with van der Waals surface area (Å²) in [4.78, 5) is 37.1. The summed E-state index contributed by atoms with van der Waals surface area (Å²) in [5.41, 5.74) is 1.12. The van der Waals surface area contributed by atoms with E-state index >= 15 is 0 Å². The molecule has 2 aromatic rings. The Morgan fingerprint density at radius 1 is 1.22 bits per heavy atom. The summed E-state index contributed by atoms with van der Waals surface area (Å²) in [6.07, 6.45) is 1.65. The van der Waals surface area contributed by atoms with Crippen LogP contribution in [-0.4, -0.2) is 51.5 Å². The van der Waals surface area contributed by atoms with E-state index in [1.165, 1.54) is 4.57 Å². The van der Waals surface area contributed by atoms with Gasteiger partial charge >= 0.3 is 0 Å². The molecule has 1 fully saturated rings. The molecule has 1 saturated heterocycles. The molecule has 0 spiro atoms. The molecule has 0 unspecified atom stereocenters. The lowest BCUT2D eigenvalue weighted by atomic mass is 10.1. The Morgan fingerprint density at radius 3 is 2.57 bits per heavy atom. The van der Waals surface area contributed by atoms with Crippen LogP contribution in [0.5, 0.6) is 0 Å². The highest BCUT2D eigenvalue weighted by atomic mass is 16.2. The summed E-state index contributed by atoms with van der Waals surface area (Å²) in [6, 6.07) is 3.66. The van der Waals surface area contributed by atoms with Crippen LogP contribution >= 0.6 is 0 Å². The van der Waals surface area contributed by atoms with Gasteiger partial charge in [-0.3, -0.25) is 14.2 Å². The van der Waals surface area contributed by atoms with Gasteiger partial charge < -0.3 is 9.80 Å². The molecule has 23 heavy (non-hydrogen) atoms. The summed E-state index contributed by atoms with van der Waals surface area (Å²) in [6.45, 7) is 6.28. The van der Waals surface area contributed by atoms with Crippen LogP contribution in [0.1, 0.15) is 13.8 Å². The topological polar surface area (TPSA) is 71.3 Å². The van der Waals surface area contributed by atoms with Gasteiger partial charge in [0.15, 0.2) is 11.5 Å². The van der Waals surface area contributed by atoms with Crippen LogP contribution < -0.4 is 10.5 Å². The SMILES string of the molecule is CC(C)C(=O)N1CCN(c2nc3cccnc3n(C)c2=O)CC1. The van der Waals surface area contributed by atoms with E-state index in [1.807, 2.05) is 35.8 Å². The minimum Gasteiger partial charge on any atom is -0.348 e. The summed E-state index contributed by atoms with van der Waals surface area (Å²) in [7, 11) is 1.71. The minimum atomic E-state index is -0.153. The van der Waals surface area contributed by atoms with Crippen molar-refractivity contribution < 1.29 is 4.79 Å². The highest BCUT2D eigenvalue weighted by Gasteiger charge is 2.25. The average molecular weight is 315 g/mol. The van der Waals surface area contributed by atoms with E-state index < -0.39 is 0 Å². The summed E-state index contributed by atoms with van der Waals surface area (Å²) in [5.74, 6) is 0.595. The number of pyridine rings is 1. The van der Waals surface area contributed by atoms with Crippen LogP contribution in [0, 0.1) is 5.92 Å². The van der Waals surface area contributed by atoms with Gasteiger partial charge in [0.05, 0.1) is 0 Å². The van der Waals surface area contributed by atoms with Crippen molar-refractivity contribution in [2.24, 2.45) is 13.0 Å². The van der Waals surface area contributed by atoms with E-state index in [-0.39, 0.29) is 17.4 Å². The van der Waals surface area contributed by atoms with E-state index in [0.29, 0.717) is 43.2 Å². The number of aryl methyl sites for hydroxylation is 1. The standard InChI is InChI=1S/C16H21N5O2/c1-11(2)15(22)21-9-7-20(8-10-21)14-16(23)19(3)13-12(18-14)5-4-6-17-13/h4-6,11H,7-10H2,1-3H3. The maximum atomic E-state index is 12.5. The van der Waals surface area contributed by atoms with Crippen molar-refractivity contribution in [2.75, 3.05) is 31.1 Å². The van der Waals surface area contributed by atoms with Gasteiger partial charge in [0, 0.05) is 45.3 Å². The van der Waals surface area contributed by atoms with E-state index in [1.54, 1.807) is 13.2 Å². The molecule has 0 bridgehead atoms. The molecule has 2 aromatic heterocycles. The maximum Gasteiger partial charge on any atom is 0.294 e. The fourth-order valence-corrected chi connectivity index (χ4v) is 2.85. The van der Waals surface area contributed by atoms with Crippen molar-refractivity contribution in [2.45, 2.75) is 13.8 Å². The van der Waals surface area contributed by atoms with E-state index in [9.17, 15) is 9.59 Å². The lowest BCUT2D eigenvalue weighted by Crippen LogP contribution is -2.51. The first-order chi connectivity index (χ1) is 11.0. The predicted octanol–water partition coefficient (Wildman–Crippen LogP) is 0.633. The Hall–Kier alpha value is -2.44. The molecular formula is C16H21N5O2. The van der Waals surface area contributed by atoms with Gasteiger partial charge in [0.25, 0.3) is 5.56 Å². The van der Waals surface area contributed by atoms with Crippen LogP contribution in [0.2, 0.25) is 0 Å². The third-order valence-corrected chi connectivity index (χ3v) is 4.19. The van der Waals surface area contributed by atoms with Crippen molar-refractivity contribution in [3.8, 4) is 0 Å². The molecule has 0 saturated carbocycles. The third kappa shape index (κ3) is 2.78. The molecule has 3 heterocycles. The highest BCUT2D eigenvalue weighted by Crippen LogP contribution is 2.14. The van der Waals surface area contributed by atoms with Crippen LogP contribution in [-0.2, 0) is 11.8 Å². The van der Waals surface area contributed by atoms with Gasteiger partial charge in [0.2, 0.25) is 5.91 Å². The number of hydrogen-bond acceptors (Lipinski definition) is 5. The van der Waals surface area contributed by atoms with E-state index in [2.05, 4.69) is 9.97 Å². The molecule has 1 aliphatic rings. The normalized spacial score (nSPS) is 15.5. The average Bonchev–Trinajstić information content (AvgIpc) is 2.57. The lowest BCUT2D eigenvalue weighted by molar-refractivity contribution is -0.134. The van der Waals surface area contributed by atoms with Crippen LogP contribution in [0.3, 0.4) is 0 Å². The number of anilines is 1. The number of nitrogens with zero attached hydrogens (tertiary/aromatic N) is 5. The second-order valence-electron chi connectivity index (χ2n) is 6.11. The first-order valence-electron chi connectivity index (χ1n) is 7.84. The van der Waals surface area contributed by atoms with Gasteiger partial charge in [-0.25, -0.2) is 9.97 Å². The van der Waals surface area contributed by atoms with Crippen molar-refractivity contribution in [3.05, 3.63) is 28.7 Å². The zero-order valence-electron chi connectivity index (χ0n) is 13.7. The number of carbonyl (C=O) groups is 1. The Labute approximate surface area is 134 Å². The molecule has 0 aliphatic carbocycles. The monoisotopic (exact) mass is 315 g/mol. The summed E-state index contributed by atoms with van der Waals surface area (Å²) in [5, 5.41) is 0. The second kappa shape index (κ2) is 5.98. The molecule has 0 aromatic carbocycles. The molecule has 7 heteroatoms. The first-order valence-corrected chi connectivity index (χ1v) is 7.84. The fourth-order valence-electron chi connectivity index (χ4n) is 2.85. The fraction of sp³-hybridized carbons (Fsp3) is 0.500. The second-order valence-corrected chi connectivity index (χ2v) is 6.11. The largest absolute Gasteiger partial charge is 0.348 e. The molecule has 1 amide bonds. The molecule has 0 radical (unpaired) electrons. The molecule has 122 valence electrons. The number of piperazine rings is 1. The van der Waals surface area contributed by atoms with Crippen LogP contribution in [0.25, 0.3) is 11.2 Å². The van der Waals surface area contributed by atoms with Crippen molar-refractivity contribution in [3.63, 3.8) is 0 Å². The quantitative estimate of drug-likeness (QED) is 0.813. The van der Waals surface area contributed by atoms with Crippen LogP contribution in [0.15, 0.2) is 23.1 Å². The van der Waals surface area contributed by atoms with Crippen molar-refractivity contribution in [1.29, 1.82) is 0 Å². The smallest absolute Gasteiger partial charge is 0.294 e. The molecule has 0 atom stereocenters. The zero-order valence-corrected chi connectivity index (χ0v) is 13.7. The van der Waals surface area contributed by atoms with Gasteiger partial charge in [-0.05, 0) is 12.1 Å². The zero-order chi connectivity index (χ0) is 16.6. The first kappa shape index (κ1) is 15.5. The Kier molecular flexibility index (Phi) is 4.02. The number of amides is 1. The summed E-state index contributed by atoms with van der Waals surface area (Å²) < 4.78 is 1.53. The predicted molar refractivity (Wildman–Crippen MR) is 88.4 cm³/mol. The molecule has 3 rings (SSSR count). The van der Waals surface area contributed by atoms with Gasteiger partial charge in [-0.1, -0.05) is 13.8 Å². The highest BCUT2D eigenvalue weighted by molar-refractivity contribution is 5.78. The lowest BCUT2D eigenvalue weighted by Gasteiger charge is -2.36. The molecule has 0 N–H and O–H groups in total. The van der Waals surface area contributed by atoms with E-state index in [4.69, 9.17) is 0 Å². The maximum absolute atomic E-state index is 12.5. The van der Waals surface area contributed by atoms with Crippen molar-refractivity contribution in [1.82, 2.24) is 19.4 Å². The van der Waals surface area contributed by atoms with Crippen molar-refractivity contribution >= 4 is 22.9 Å². The molecular weight excluding hydrogens is 294 g/mol. The van der Waals surface area contributed by atoms with Gasteiger partial charge in [-0.2, -0.15) is 0 Å². The molecule has 7 nitrogen and oxygen atoms in total. The number of aromatic nitrogens is 3. The Bertz CT molecular complexity index is 791. The number of rotatable bonds is 2. The van der Waals surface area contributed by atoms with E-state index in [0.717, 1.165) is 0 Å².